The van der Waals surface area contributed by atoms with E-state index in [-0.39, 0.29) is 6.04 Å². The Hall–Kier alpha value is -7.39. The smallest absolute Gasteiger partial charge is 0.0954 e. The molecule has 0 radical (unpaired) electrons. The molecule has 0 aromatic carbocycles. The summed E-state index contributed by atoms with van der Waals surface area (Å²) in [7, 11) is 0. The van der Waals surface area contributed by atoms with Crippen molar-refractivity contribution in [3.8, 4) is 79.5 Å². The summed E-state index contributed by atoms with van der Waals surface area (Å²) in [6.07, 6.45) is 12.1. The van der Waals surface area contributed by atoms with E-state index in [9.17, 15) is 0 Å². The van der Waals surface area contributed by atoms with Gasteiger partial charge >= 0.3 is 0 Å². The molecular formula is C45H31N9. The summed E-state index contributed by atoms with van der Waals surface area (Å²) >= 11 is 0. The second-order valence-corrected chi connectivity index (χ2v) is 12.6. The van der Waals surface area contributed by atoms with Gasteiger partial charge in [-0.25, -0.2) is 24.9 Å². The van der Waals surface area contributed by atoms with Crippen LogP contribution in [0.25, 0.3) is 79.5 Å². The average molecular weight is 698 g/mol. The standard InChI is InChI=1S/C45H31N9/c1-5-22-46-32(12-1)36-16-9-18-38(50-36)39-19-11-21-41(52-39)45-29-31(27-43(54-45)35-15-4-8-25-49-35)30-26-42(34-14-3-7-24-48-34)53-44(28-30)40-20-10-17-37(51-40)33-13-2-6-23-47-33/h1-11,13-29,32H,12H2. The Bertz CT molecular complexity index is 2640. The predicted octanol–water partition coefficient (Wildman–Crippen LogP) is 9.59. The molecule has 0 amide bonds. The molecular weight excluding hydrogens is 667 g/mol. The molecule has 0 bridgehead atoms. The highest BCUT2D eigenvalue weighted by molar-refractivity contribution is 5.80. The lowest BCUT2D eigenvalue weighted by molar-refractivity contribution is 0.714. The monoisotopic (exact) mass is 697 g/mol. The Morgan fingerprint density at radius 2 is 0.759 bits per heavy atom. The minimum absolute atomic E-state index is 0.00804. The number of dihydropyridines is 1. The third-order valence-corrected chi connectivity index (χ3v) is 9.01. The fourth-order valence-electron chi connectivity index (χ4n) is 6.36. The third-order valence-electron chi connectivity index (χ3n) is 9.01. The van der Waals surface area contributed by atoms with Gasteiger partial charge in [-0.2, -0.15) is 0 Å². The molecule has 8 aromatic rings. The molecule has 9 heteroatoms. The van der Waals surface area contributed by atoms with Gasteiger partial charge in [0.05, 0.1) is 80.1 Å². The van der Waals surface area contributed by atoms with E-state index in [0.717, 1.165) is 68.8 Å². The van der Waals surface area contributed by atoms with E-state index < -0.39 is 0 Å². The van der Waals surface area contributed by atoms with Crippen molar-refractivity contribution in [2.75, 3.05) is 0 Å². The lowest BCUT2D eigenvalue weighted by Crippen LogP contribution is -2.02. The summed E-state index contributed by atoms with van der Waals surface area (Å²) in [5, 5.41) is 0. The van der Waals surface area contributed by atoms with Crippen LogP contribution in [0.1, 0.15) is 18.2 Å². The lowest BCUT2D eigenvalue weighted by Gasteiger charge is -2.14. The van der Waals surface area contributed by atoms with Crippen LogP contribution in [-0.4, -0.2) is 46.1 Å². The van der Waals surface area contributed by atoms with E-state index in [0.29, 0.717) is 22.8 Å². The van der Waals surface area contributed by atoms with E-state index in [2.05, 4.69) is 50.3 Å². The highest BCUT2D eigenvalue weighted by atomic mass is 14.9. The van der Waals surface area contributed by atoms with Crippen molar-refractivity contribution in [1.29, 1.82) is 0 Å². The summed E-state index contributed by atoms with van der Waals surface area (Å²) in [5.74, 6) is 0. The Kier molecular flexibility index (Phi) is 8.84. The lowest BCUT2D eigenvalue weighted by atomic mass is 10.00. The van der Waals surface area contributed by atoms with Gasteiger partial charge in [-0.15, -0.1) is 0 Å². The maximum atomic E-state index is 5.11. The highest BCUT2D eigenvalue weighted by Crippen LogP contribution is 2.34. The average Bonchev–Trinajstić information content (AvgIpc) is 3.27. The van der Waals surface area contributed by atoms with Crippen LogP contribution in [0.2, 0.25) is 0 Å². The van der Waals surface area contributed by atoms with E-state index >= 15 is 0 Å². The zero-order chi connectivity index (χ0) is 36.1. The molecule has 9 nitrogen and oxygen atoms in total. The summed E-state index contributed by atoms with van der Waals surface area (Å²) in [5.41, 5.74) is 11.6. The maximum absolute atomic E-state index is 5.11. The SMILES string of the molecule is C1=CCC(c2cccc(-c3cccc(-c4cc(-c5cc(-c6ccccn6)nc(-c6cccc(-c7ccccn7)n6)c5)cc(-c5ccccn5)n4)n3)n2)N=C1. The Morgan fingerprint density at radius 1 is 0.370 bits per heavy atom. The molecule has 0 spiro atoms. The molecule has 1 unspecified atom stereocenters. The first-order valence-electron chi connectivity index (χ1n) is 17.6. The molecule has 0 saturated carbocycles. The summed E-state index contributed by atoms with van der Waals surface area (Å²) in [4.78, 5) is 43.7. The molecule has 256 valence electrons. The number of hydrogen-bond donors (Lipinski definition) is 0. The molecule has 0 aliphatic carbocycles. The number of pyridine rings is 8. The van der Waals surface area contributed by atoms with Gasteiger partial charge in [0, 0.05) is 24.8 Å². The number of nitrogens with zero attached hydrogens (tertiary/aromatic N) is 9. The van der Waals surface area contributed by atoms with Gasteiger partial charge in [0.15, 0.2) is 0 Å². The number of aromatic nitrogens is 8. The molecule has 0 saturated heterocycles. The predicted molar refractivity (Wildman–Crippen MR) is 212 cm³/mol. The van der Waals surface area contributed by atoms with Gasteiger partial charge in [-0.1, -0.05) is 42.5 Å². The van der Waals surface area contributed by atoms with Crippen LogP contribution in [0.4, 0.5) is 0 Å². The summed E-state index contributed by atoms with van der Waals surface area (Å²) in [6, 6.07) is 43.5. The topological polar surface area (TPSA) is 115 Å². The molecule has 0 fully saturated rings. The van der Waals surface area contributed by atoms with E-state index in [4.69, 9.17) is 24.9 Å². The second kappa shape index (κ2) is 14.7. The minimum atomic E-state index is -0.00804. The summed E-state index contributed by atoms with van der Waals surface area (Å²) < 4.78 is 0. The van der Waals surface area contributed by atoms with Crippen LogP contribution < -0.4 is 0 Å². The zero-order valence-electron chi connectivity index (χ0n) is 29.0. The van der Waals surface area contributed by atoms with E-state index in [1.807, 2.05) is 121 Å². The summed E-state index contributed by atoms with van der Waals surface area (Å²) in [6.45, 7) is 0. The first kappa shape index (κ1) is 32.5. The normalized spacial score (nSPS) is 13.5. The van der Waals surface area contributed by atoms with Gasteiger partial charge in [0.25, 0.3) is 0 Å². The quantitative estimate of drug-likeness (QED) is 0.154. The molecule has 54 heavy (non-hydrogen) atoms. The molecule has 1 atom stereocenters. The fourth-order valence-corrected chi connectivity index (χ4v) is 6.36. The van der Waals surface area contributed by atoms with Crippen LogP contribution in [0.3, 0.4) is 0 Å². The second-order valence-electron chi connectivity index (χ2n) is 12.6. The van der Waals surface area contributed by atoms with Crippen LogP contribution in [0, 0.1) is 0 Å². The zero-order valence-corrected chi connectivity index (χ0v) is 29.0. The van der Waals surface area contributed by atoms with Crippen molar-refractivity contribution in [3.05, 3.63) is 170 Å². The third kappa shape index (κ3) is 6.93. The van der Waals surface area contributed by atoms with Gasteiger partial charge in [0.2, 0.25) is 0 Å². The van der Waals surface area contributed by atoms with Crippen LogP contribution in [-0.2, 0) is 0 Å². The molecule has 9 rings (SSSR count). The van der Waals surface area contributed by atoms with Crippen LogP contribution in [0.5, 0.6) is 0 Å². The van der Waals surface area contributed by atoms with Crippen molar-refractivity contribution in [2.45, 2.75) is 12.5 Å². The van der Waals surface area contributed by atoms with Gasteiger partial charge in [-0.3, -0.25) is 19.9 Å². The highest BCUT2D eigenvalue weighted by Gasteiger charge is 2.17. The first-order chi connectivity index (χ1) is 26.7. The number of allylic oxidation sites excluding steroid dienone is 1. The van der Waals surface area contributed by atoms with Crippen molar-refractivity contribution < 1.29 is 0 Å². The Balaban J connectivity index is 1.18. The first-order valence-corrected chi connectivity index (χ1v) is 17.6. The minimum Gasteiger partial charge on any atom is -0.283 e. The largest absolute Gasteiger partial charge is 0.283 e. The maximum Gasteiger partial charge on any atom is 0.0954 e. The van der Waals surface area contributed by atoms with E-state index in [1.165, 1.54) is 0 Å². The molecule has 1 aliphatic heterocycles. The van der Waals surface area contributed by atoms with Gasteiger partial charge < -0.3 is 0 Å². The molecule has 0 N–H and O–H groups in total. The van der Waals surface area contributed by atoms with Crippen molar-refractivity contribution in [3.63, 3.8) is 0 Å². The van der Waals surface area contributed by atoms with Gasteiger partial charge in [-0.05, 0) is 121 Å². The number of aliphatic imine (C=N–C) groups is 1. The number of hydrogen-bond acceptors (Lipinski definition) is 9. The molecule has 8 aromatic heterocycles. The van der Waals surface area contributed by atoms with Crippen molar-refractivity contribution in [1.82, 2.24) is 39.9 Å². The van der Waals surface area contributed by atoms with E-state index in [1.54, 1.807) is 18.6 Å². The Labute approximate surface area is 312 Å². The Morgan fingerprint density at radius 3 is 1.22 bits per heavy atom. The fraction of sp³-hybridized carbons (Fsp3) is 0.0444. The number of rotatable bonds is 8. The molecule has 9 heterocycles. The van der Waals surface area contributed by atoms with Gasteiger partial charge in [0.1, 0.15) is 0 Å². The van der Waals surface area contributed by atoms with Crippen molar-refractivity contribution in [2.24, 2.45) is 4.99 Å². The van der Waals surface area contributed by atoms with Crippen molar-refractivity contribution >= 4 is 6.21 Å². The van der Waals surface area contributed by atoms with Crippen LogP contribution in [0.15, 0.2) is 169 Å². The van der Waals surface area contributed by atoms with Crippen LogP contribution >= 0.6 is 0 Å². The molecule has 1 aliphatic rings.